The minimum absolute atomic E-state index is 0.190. The first-order chi connectivity index (χ1) is 17.3. The Balaban J connectivity index is 1.41. The quantitative estimate of drug-likeness (QED) is 0.578. The van der Waals surface area contributed by atoms with E-state index in [4.69, 9.17) is 14.2 Å². The van der Waals surface area contributed by atoms with Gasteiger partial charge < -0.3 is 28.9 Å². The van der Waals surface area contributed by atoms with Crippen LogP contribution in [0, 0.1) is 11.8 Å². The molecule has 0 unspecified atom stereocenters. The maximum atomic E-state index is 13.6. The highest BCUT2D eigenvalue weighted by Gasteiger charge is 2.30. The molecular formula is C28H43N3O5. The molecule has 1 aromatic carbocycles. The Morgan fingerprint density at radius 2 is 1.50 bits per heavy atom. The topological polar surface area (TPSA) is 71.5 Å². The van der Waals surface area contributed by atoms with Crippen LogP contribution in [0.4, 0.5) is 16.2 Å². The van der Waals surface area contributed by atoms with Crippen molar-refractivity contribution in [2.45, 2.75) is 58.5 Å². The van der Waals surface area contributed by atoms with Gasteiger partial charge in [-0.2, -0.15) is 0 Å². The predicted octanol–water partition coefficient (Wildman–Crippen LogP) is 4.32. The highest BCUT2D eigenvalue weighted by Crippen LogP contribution is 2.28. The molecule has 0 saturated carbocycles. The second-order valence-corrected chi connectivity index (χ2v) is 11.3. The molecule has 0 atom stereocenters. The molecule has 4 rings (SSSR count). The molecule has 0 N–H and O–H groups in total. The molecule has 200 valence electrons. The number of carbonyl (C=O) groups is 2. The standard InChI is InChI=1S/C28H43N3O5/c1-28(2,3)36-27(33)30-12-8-23(9-13-30)21-31(26(32)20-22-10-16-34-17-11-22)25-6-4-24(5-7-25)29-14-18-35-19-15-29/h4-7,22-23H,8-21H2,1-3H3. The van der Waals surface area contributed by atoms with Crippen LogP contribution in [0.15, 0.2) is 24.3 Å². The number of ether oxygens (including phenoxy) is 3. The largest absolute Gasteiger partial charge is 0.444 e. The van der Waals surface area contributed by atoms with Gasteiger partial charge in [0.25, 0.3) is 0 Å². The smallest absolute Gasteiger partial charge is 0.410 e. The van der Waals surface area contributed by atoms with E-state index in [0.29, 0.717) is 37.9 Å². The second kappa shape index (κ2) is 12.3. The van der Waals surface area contributed by atoms with Gasteiger partial charge in [0.1, 0.15) is 5.60 Å². The first-order valence-corrected chi connectivity index (χ1v) is 13.6. The highest BCUT2D eigenvalue weighted by molar-refractivity contribution is 5.93. The van der Waals surface area contributed by atoms with Crippen LogP contribution in [0.5, 0.6) is 0 Å². The number of amides is 2. The van der Waals surface area contributed by atoms with E-state index in [1.807, 2.05) is 25.7 Å². The lowest BCUT2D eigenvalue weighted by Gasteiger charge is -2.36. The molecule has 1 aromatic rings. The van der Waals surface area contributed by atoms with Crippen molar-refractivity contribution in [3.63, 3.8) is 0 Å². The summed E-state index contributed by atoms with van der Waals surface area (Å²) in [6.07, 6.45) is 3.95. The van der Waals surface area contributed by atoms with Crippen LogP contribution in [0.2, 0.25) is 0 Å². The lowest BCUT2D eigenvalue weighted by Crippen LogP contribution is -2.45. The van der Waals surface area contributed by atoms with Crippen LogP contribution in [-0.2, 0) is 19.0 Å². The number of hydrogen-bond donors (Lipinski definition) is 0. The van der Waals surface area contributed by atoms with Gasteiger partial charge in [0.05, 0.1) is 13.2 Å². The van der Waals surface area contributed by atoms with E-state index in [-0.39, 0.29) is 12.0 Å². The van der Waals surface area contributed by atoms with Gasteiger partial charge in [-0.1, -0.05) is 0 Å². The van der Waals surface area contributed by atoms with Crippen LogP contribution >= 0.6 is 0 Å². The van der Waals surface area contributed by atoms with Crippen LogP contribution in [0.25, 0.3) is 0 Å². The number of benzene rings is 1. The summed E-state index contributed by atoms with van der Waals surface area (Å²) in [5, 5.41) is 0. The molecule has 0 aromatic heterocycles. The Kier molecular flexibility index (Phi) is 9.12. The molecule has 0 bridgehead atoms. The Morgan fingerprint density at radius 3 is 2.11 bits per heavy atom. The molecule has 3 saturated heterocycles. The van der Waals surface area contributed by atoms with E-state index in [2.05, 4.69) is 29.2 Å². The summed E-state index contributed by atoms with van der Waals surface area (Å²) < 4.78 is 16.5. The zero-order valence-electron chi connectivity index (χ0n) is 22.2. The van der Waals surface area contributed by atoms with Crippen LogP contribution < -0.4 is 9.80 Å². The zero-order chi connectivity index (χ0) is 25.5. The molecule has 0 spiro atoms. The van der Waals surface area contributed by atoms with Gasteiger partial charge in [-0.25, -0.2) is 4.79 Å². The van der Waals surface area contributed by atoms with Crippen molar-refractivity contribution >= 4 is 23.4 Å². The van der Waals surface area contributed by atoms with Gasteiger partial charge in [-0.05, 0) is 82.6 Å². The summed E-state index contributed by atoms with van der Waals surface area (Å²) in [6.45, 7) is 12.5. The molecule has 36 heavy (non-hydrogen) atoms. The van der Waals surface area contributed by atoms with Gasteiger partial charge in [0, 0.05) is 63.7 Å². The van der Waals surface area contributed by atoms with Gasteiger partial charge >= 0.3 is 6.09 Å². The van der Waals surface area contributed by atoms with Crippen LogP contribution in [0.1, 0.15) is 52.9 Å². The molecule has 8 nitrogen and oxygen atoms in total. The summed E-state index contributed by atoms with van der Waals surface area (Å²) in [5.41, 5.74) is 1.64. The number of nitrogens with zero attached hydrogens (tertiary/aromatic N) is 3. The average molecular weight is 502 g/mol. The fraction of sp³-hybridized carbons (Fsp3) is 0.714. The minimum atomic E-state index is -0.491. The number of rotatable bonds is 6. The fourth-order valence-corrected chi connectivity index (χ4v) is 5.21. The van der Waals surface area contributed by atoms with Crippen molar-refractivity contribution in [2.24, 2.45) is 11.8 Å². The Morgan fingerprint density at radius 1 is 0.889 bits per heavy atom. The average Bonchev–Trinajstić information content (AvgIpc) is 2.88. The van der Waals surface area contributed by atoms with Gasteiger partial charge in [-0.15, -0.1) is 0 Å². The van der Waals surface area contributed by atoms with E-state index in [1.165, 1.54) is 5.69 Å². The number of piperidine rings is 1. The lowest BCUT2D eigenvalue weighted by atomic mass is 9.93. The molecule has 8 heteroatoms. The molecule has 3 heterocycles. The fourth-order valence-electron chi connectivity index (χ4n) is 5.21. The van der Waals surface area contributed by atoms with Crippen molar-refractivity contribution in [3.8, 4) is 0 Å². The minimum Gasteiger partial charge on any atom is -0.444 e. The van der Waals surface area contributed by atoms with E-state index in [9.17, 15) is 9.59 Å². The van der Waals surface area contributed by atoms with Crippen molar-refractivity contribution in [1.82, 2.24) is 4.90 Å². The van der Waals surface area contributed by atoms with Gasteiger partial charge in [-0.3, -0.25) is 4.79 Å². The predicted molar refractivity (Wildman–Crippen MR) is 141 cm³/mol. The molecular weight excluding hydrogens is 458 g/mol. The summed E-state index contributed by atoms with van der Waals surface area (Å²) in [6, 6.07) is 8.42. The number of hydrogen-bond acceptors (Lipinski definition) is 6. The zero-order valence-corrected chi connectivity index (χ0v) is 22.2. The summed E-state index contributed by atoms with van der Waals surface area (Å²) in [4.78, 5) is 32.2. The number of morpholine rings is 1. The Hall–Kier alpha value is -2.32. The third-order valence-corrected chi connectivity index (χ3v) is 7.35. The highest BCUT2D eigenvalue weighted by atomic mass is 16.6. The maximum absolute atomic E-state index is 13.6. The molecule has 2 amide bonds. The molecule has 3 fully saturated rings. The maximum Gasteiger partial charge on any atom is 0.410 e. The van der Waals surface area contributed by atoms with Crippen LogP contribution in [-0.4, -0.2) is 81.7 Å². The van der Waals surface area contributed by atoms with Crippen LogP contribution in [0.3, 0.4) is 0 Å². The number of anilines is 2. The first-order valence-electron chi connectivity index (χ1n) is 13.6. The number of likely N-dealkylation sites (tertiary alicyclic amines) is 1. The molecule has 0 aliphatic carbocycles. The number of carbonyl (C=O) groups excluding carboxylic acids is 2. The van der Waals surface area contributed by atoms with Crippen molar-refractivity contribution in [1.29, 1.82) is 0 Å². The third kappa shape index (κ3) is 7.59. The van der Waals surface area contributed by atoms with Gasteiger partial charge in [0.15, 0.2) is 0 Å². The first kappa shape index (κ1) is 26.7. The Bertz CT molecular complexity index is 849. The van der Waals surface area contributed by atoms with Crippen molar-refractivity contribution < 1.29 is 23.8 Å². The Labute approximate surface area is 215 Å². The third-order valence-electron chi connectivity index (χ3n) is 7.35. The van der Waals surface area contributed by atoms with E-state index in [1.54, 1.807) is 4.90 Å². The molecule has 3 aliphatic rings. The normalized spacial score (nSPS) is 20.3. The summed E-state index contributed by atoms with van der Waals surface area (Å²) in [5.74, 6) is 0.923. The van der Waals surface area contributed by atoms with E-state index in [0.717, 1.165) is 70.9 Å². The van der Waals surface area contributed by atoms with Crippen molar-refractivity contribution in [3.05, 3.63) is 24.3 Å². The summed E-state index contributed by atoms with van der Waals surface area (Å²) >= 11 is 0. The van der Waals surface area contributed by atoms with Crippen molar-refractivity contribution in [2.75, 3.05) is 69.0 Å². The SMILES string of the molecule is CC(C)(C)OC(=O)N1CCC(CN(C(=O)CC2CCOCC2)c2ccc(N3CCOCC3)cc2)CC1. The summed E-state index contributed by atoms with van der Waals surface area (Å²) in [7, 11) is 0. The second-order valence-electron chi connectivity index (χ2n) is 11.3. The van der Waals surface area contributed by atoms with Gasteiger partial charge in [0.2, 0.25) is 5.91 Å². The van der Waals surface area contributed by atoms with E-state index < -0.39 is 5.60 Å². The molecule has 0 radical (unpaired) electrons. The monoisotopic (exact) mass is 501 g/mol. The molecule has 3 aliphatic heterocycles. The van der Waals surface area contributed by atoms with E-state index >= 15 is 0 Å². The lowest BCUT2D eigenvalue weighted by molar-refractivity contribution is -0.120.